The first-order valence-corrected chi connectivity index (χ1v) is 7.52. The molecule has 0 aliphatic carbocycles. The molecule has 2 aromatic rings. The van der Waals surface area contributed by atoms with Crippen molar-refractivity contribution in [2.24, 2.45) is 12.8 Å². The molecule has 3 unspecified atom stereocenters. The number of ether oxygens (including phenoxy) is 1. The third-order valence-electron chi connectivity index (χ3n) is 3.86. The van der Waals surface area contributed by atoms with Crippen LogP contribution in [0.2, 0.25) is 0 Å². The molecule has 1 aromatic heterocycles. The predicted octanol–water partition coefficient (Wildman–Crippen LogP) is 3.40. The second-order valence-electron chi connectivity index (χ2n) is 5.72. The van der Waals surface area contributed by atoms with E-state index in [1.807, 2.05) is 38.5 Å². The number of nitrogens with two attached hydrogens (primary N) is 1. The highest BCUT2D eigenvalue weighted by Gasteiger charge is 2.20. The molecule has 4 nitrogen and oxygen atoms in total. The van der Waals surface area contributed by atoms with Crippen LogP contribution in [0.5, 0.6) is 5.75 Å². The summed E-state index contributed by atoms with van der Waals surface area (Å²) in [7, 11) is 1.89. The van der Waals surface area contributed by atoms with Crippen LogP contribution in [0.1, 0.15) is 50.3 Å². The van der Waals surface area contributed by atoms with Gasteiger partial charge in [-0.2, -0.15) is 5.10 Å². The lowest BCUT2D eigenvalue weighted by Crippen LogP contribution is -2.28. The van der Waals surface area contributed by atoms with Crippen LogP contribution in [0, 0.1) is 0 Å². The zero-order valence-corrected chi connectivity index (χ0v) is 13.3. The van der Waals surface area contributed by atoms with Crippen molar-refractivity contribution in [2.45, 2.75) is 45.3 Å². The van der Waals surface area contributed by atoms with E-state index < -0.39 is 0 Å². The minimum absolute atomic E-state index is 0.108. The molecular weight excluding hydrogens is 262 g/mol. The van der Waals surface area contributed by atoms with Crippen LogP contribution < -0.4 is 10.5 Å². The maximum Gasteiger partial charge on any atom is 0.141 e. The van der Waals surface area contributed by atoms with Crippen molar-refractivity contribution >= 4 is 0 Å². The lowest BCUT2D eigenvalue weighted by molar-refractivity contribution is 0.180. The highest BCUT2D eigenvalue weighted by molar-refractivity contribution is 5.30. The molecule has 0 radical (unpaired) electrons. The summed E-state index contributed by atoms with van der Waals surface area (Å²) in [5.74, 6) is 1.41. The van der Waals surface area contributed by atoms with Crippen LogP contribution in [0.25, 0.3) is 0 Å². The van der Waals surface area contributed by atoms with Gasteiger partial charge in [-0.15, -0.1) is 0 Å². The molecule has 2 rings (SSSR count). The molecular formula is C17H25N3O. The van der Waals surface area contributed by atoms with Crippen molar-refractivity contribution in [3.8, 4) is 5.75 Å². The Morgan fingerprint density at radius 2 is 1.86 bits per heavy atom. The highest BCUT2D eigenvalue weighted by atomic mass is 16.5. The first kappa shape index (κ1) is 15.6. The summed E-state index contributed by atoms with van der Waals surface area (Å²) in [4.78, 5) is 0. The molecule has 0 saturated heterocycles. The van der Waals surface area contributed by atoms with Gasteiger partial charge in [0.15, 0.2) is 0 Å². The van der Waals surface area contributed by atoms with E-state index in [4.69, 9.17) is 10.5 Å². The Morgan fingerprint density at radius 1 is 1.19 bits per heavy atom. The van der Waals surface area contributed by atoms with Crippen molar-refractivity contribution in [3.63, 3.8) is 0 Å². The fraction of sp³-hybridized carbons (Fsp3) is 0.471. The lowest BCUT2D eigenvalue weighted by atomic mass is 9.99. The highest BCUT2D eigenvalue weighted by Crippen LogP contribution is 2.26. The minimum atomic E-state index is -0.187. The van der Waals surface area contributed by atoms with Crippen molar-refractivity contribution in [1.82, 2.24) is 9.78 Å². The van der Waals surface area contributed by atoms with Gasteiger partial charge in [0.05, 0.1) is 6.20 Å². The van der Waals surface area contributed by atoms with E-state index in [-0.39, 0.29) is 12.1 Å². The van der Waals surface area contributed by atoms with Crippen LogP contribution in [-0.4, -0.2) is 15.8 Å². The molecule has 0 saturated carbocycles. The summed E-state index contributed by atoms with van der Waals surface area (Å²) in [6.45, 7) is 6.38. The summed E-state index contributed by atoms with van der Waals surface area (Å²) < 4.78 is 7.83. The van der Waals surface area contributed by atoms with Gasteiger partial charge < -0.3 is 10.5 Å². The number of nitrogens with zero attached hydrogens (tertiary/aromatic N) is 2. The fourth-order valence-electron chi connectivity index (χ4n) is 2.32. The Hall–Kier alpha value is -1.81. The quantitative estimate of drug-likeness (QED) is 0.886. The van der Waals surface area contributed by atoms with Crippen LogP contribution in [0.4, 0.5) is 0 Å². The van der Waals surface area contributed by atoms with E-state index in [1.165, 1.54) is 5.56 Å². The zero-order valence-electron chi connectivity index (χ0n) is 13.3. The maximum absolute atomic E-state index is 6.07. The summed E-state index contributed by atoms with van der Waals surface area (Å²) in [5, 5.41) is 4.19. The van der Waals surface area contributed by atoms with E-state index in [1.54, 1.807) is 4.68 Å². The van der Waals surface area contributed by atoms with Crippen LogP contribution in [0.15, 0.2) is 36.7 Å². The molecule has 0 aliphatic rings. The molecule has 4 heteroatoms. The topological polar surface area (TPSA) is 53.1 Å². The van der Waals surface area contributed by atoms with Crippen molar-refractivity contribution in [1.29, 1.82) is 0 Å². The zero-order chi connectivity index (χ0) is 15.4. The standard InChI is InChI=1S/C17H25N3O/c1-5-12(2)14-6-8-16(9-7-14)21-17(13(3)18)15-10-19-20(4)11-15/h6-13,17H,5,18H2,1-4H3. The van der Waals surface area contributed by atoms with E-state index in [2.05, 4.69) is 31.1 Å². The smallest absolute Gasteiger partial charge is 0.141 e. The number of hydrogen-bond donors (Lipinski definition) is 1. The van der Waals surface area contributed by atoms with Gasteiger partial charge in [-0.05, 0) is 37.0 Å². The van der Waals surface area contributed by atoms with Gasteiger partial charge >= 0.3 is 0 Å². The first-order valence-electron chi connectivity index (χ1n) is 7.52. The van der Waals surface area contributed by atoms with Gasteiger partial charge in [0.25, 0.3) is 0 Å². The molecule has 21 heavy (non-hydrogen) atoms. The van der Waals surface area contributed by atoms with E-state index in [9.17, 15) is 0 Å². The maximum atomic E-state index is 6.07. The third kappa shape index (κ3) is 3.85. The van der Waals surface area contributed by atoms with Gasteiger partial charge in [-0.1, -0.05) is 26.0 Å². The molecule has 2 N–H and O–H groups in total. The van der Waals surface area contributed by atoms with Gasteiger partial charge in [-0.25, -0.2) is 0 Å². The molecule has 1 aromatic carbocycles. The lowest BCUT2D eigenvalue weighted by Gasteiger charge is -2.21. The summed E-state index contributed by atoms with van der Waals surface area (Å²) in [6.07, 6.45) is 4.70. The Kier molecular flexibility index (Phi) is 5.02. The van der Waals surface area contributed by atoms with Crippen LogP contribution >= 0.6 is 0 Å². The molecule has 114 valence electrons. The summed E-state index contributed by atoms with van der Waals surface area (Å²) >= 11 is 0. The Morgan fingerprint density at radius 3 is 2.33 bits per heavy atom. The molecule has 0 spiro atoms. The Balaban J connectivity index is 2.14. The van der Waals surface area contributed by atoms with Crippen molar-refractivity contribution in [2.75, 3.05) is 0 Å². The normalized spacial score (nSPS) is 15.5. The second-order valence-corrected chi connectivity index (χ2v) is 5.72. The van der Waals surface area contributed by atoms with Gasteiger partial charge in [0, 0.05) is 24.8 Å². The number of benzene rings is 1. The molecule has 1 heterocycles. The van der Waals surface area contributed by atoms with E-state index in [0.717, 1.165) is 17.7 Å². The van der Waals surface area contributed by atoms with Gasteiger partial charge in [0.2, 0.25) is 0 Å². The summed E-state index contributed by atoms with van der Waals surface area (Å²) in [5.41, 5.74) is 8.40. The van der Waals surface area contributed by atoms with Crippen molar-refractivity contribution < 1.29 is 4.74 Å². The minimum Gasteiger partial charge on any atom is -0.484 e. The van der Waals surface area contributed by atoms with Crippen LogP contribution in [-0.2, 0) is 7.05 Å². The monoisotopic (exact) mass is 287 g/mol. The largest absolute Gasteiger partial charge is 0.484 e. The van der Waals surface area contributed by atoms with E-state index in [0.29, 0.717) is 5.92 Å². The Labute approximate surface area is 126 Å². The molecule has 0 bridgehead atoms. The SMILES string of the molecule is CCC(C)c1ccc(OC(c2cnn(C)c2)C(C)N)cc1. The first-order chi connectivity index (χ1) is 10.0. The number of aryl methyl sites for hydroxylation is 1. The van der Waals surface area contributed by atoms with Crippen LogP contribution in [0.3, 0.4) is 0 Å². The van der Waals surface area contributed by atoms with Gasteiger partial charge in [-0.3, -0.25) is 4.68 Å². The third-order valence-corrected chi connectivity index (χ3v) is 3.86. The Bertz CT molecular complexity index is 560. The fourth-order valence-corrected chi connectivity index (χ4v) is 2.32. The molecule has 3 atom stereocenters. The predicted molar refractivity (Wildman–Crippen MR) is 85.4 cm³/mol. The van der Waals surface area contributed by atoms with Crippen molar-refractivity contribution in [3.05, 3.63) is 47.8 Å². The average Bonchev–Trinajstić information content (AvgIpc) is 2.90. The summed E-state index contributed by atoms with van der Waals surface area (Å²) in [6, 6.07) is 8.19. The molecule has 0 amide bonds. The average molecular weight is 287 g/mol. The number of rotatable bonds is 6. The van der Waals surface area contributed by atoms with Gasteiger partial charge in [0.1, 0.15) is 11.9 Å². The number of aromatic nitrogens is 2. The van der Waals surface area contributed by atoms with E-state index >= 15 is 0 Å². The molecule has 0 aliphatic heterocycles. The number of hydrogen-bond acceptors (Lipinski definition) is 3. The second kappa shape index (κ2) is 6.76. The molecule has 0 fully saturated rings.